The molecule has 0 nitrogen and oxygen atoms in total. The zero-order valence-electron chi connectivity index (χ0n) is 26.3. The average Bonchev–Trinajstić information content (AvgIpc) is 2.95. The van der Waals surface area contributed by atoms with Crippen molar-refractivity contribution in [2.45, 2.75) is 114 Å². The Morgan fingerprint density at radius 2 is 0.762 bits per heavy atom. The molecule has 8 aliphatic carbocycles. The molecule has 0 atom stereocenters. The van der Waals surface area contributed by atoms with E-state index < -0.39 is 0 Å². The van der Waals surface area contributed by atoms with Crippen LogP contribution < -0.4 is 0 Å². The maximum atomic E-state index is 2.53. The average molecular weight is 555 g/mol. The van der Waals surface area contributed by atoms with E-state index in [1.165, 1.54) is 105 Å². The van der Waals surface area contributed by atoms with Gasteiger partial charge in [0.05, 0.1) is 0 Å². The second-order valence-corrected chi connectivity index (χ2v) is 17.5. The molecule has 8 fully saturated rings. The molecule has 3 aromatic carbocycles. The fourth-order valence-electron chi connectivity index (χ4n) is 12.8. The molecule has 0 radical (unpaired) electrons. The standard InChI is InChI=1S/C42H50/c1-40(2,3)39-37(33-7-11-35(12-8-33)41-21-27-15-28(22-41)17-29(16-27)23-41)5-4-6-38(39)34-9-13-36(14-10-34)42-24-30-18-31(25-42)20-32(19-30)26-42/h4-14,27-32H,15-26H2,1-3H3. The first-order valence-electron chi connectivity index (χ1n) is 17.6. The quantitative estimate of drug-likeness (QED) is 0.301. The van der Waals surface area contributed by atoms with E-state index in [1.807, 2.05) is 0 Å². The molecule has 0 aromatic heterocycles. The van der Waals surface area contributed by atoms with Gasteiger partial charge in [0.15, 0.2) is 0 Å². The van der Waals surface area contributed by atoms with Crippen molar-refractivity contribution in [3.8, 4) is 22.3 Å². The van der Waals surface area contributed by atoms with Gasteiger partial charge in [0.1, 0.15) is 0 Å². The lowest BCUT2D eigenvalue weighted by Crippen LogP contribution is -2.48. The van der Waals surface area contributed by atoms with Crippen LogP contribution in [0, 0.1) is 35.5 Å². The number of benzene rings is 3. The van der Waals surface area contributed by atoms with Crippen LogP contribution in [0.3, 0.4) is 0 Å². The summed E-state index contributed by atoms with van der Waals surface area (Å²) in [7, 11) is 0. The predicted molar refractivity (Wildman–Crippen MR) is 176 cm³/mol. The van der Waals surface area contributed by atoms with Gasteiger partial charge in [-0.15, -0.1) is 0 Å². The highest BCUT2D eigenvalue weighted by atomic mass is 14.6. The zero-order chi connectivity index (χ0) is 28.3. The summed E-state index contributed by atoms with van der Waals surface area (Å²) in [5, 5.41) is 0. The van der Waals surface area contributed by atoms with Crippen LogP contribution in [0.4, 0.5) is 0 Å². The fraction of sp³-hybridized carbons (Fsp3) is 0.571. The van der Waals surface area contributed by atoms with Crippen LogP contribution in [-0.2, 0) is 16.2 Å². The highest BCUT2D eigenvalue weighted by Crippen LogP contribution is 2.62. The van der Waals surface area contributed by atoms with E-state index in [0.29, 0.717) is 10.8 Å². The Hall–Kier alpha value is -2.34. The molecule has 8 bridgehead atoms. The van der Waals surface area contributed by atoms with E-state index in [-0.39, 0.29) is 5.41 Å². The van der Waals surface area contributed by atoms with Crippen molar-refractivity contribution in [1.29, 1.82) is 0 Å². The Bertz CT molecular complexity index is 1320. The minimum Gasteiger partial charge on any atom is -0.0610 e. The molecule has 11 rings (SSSR count). The van der Waals surface area contributed by atoms with Gasteiger partial charge in [-0.2, -0.15) is 0 Å². The minimum absolute atomic E-state index is 0.0587. The highest BCUT2D eigenvalue weighted by molar-refractivity contribution is 5.80. The third-order valence-electron chi connectivity index (χ3n) is 13.5. The first kappa shape index (κ1) is 26.1. The van der Waals surface area contributed by atoms with Crippen LogP contribution in [-0.4, -0.2) is 0 Å². The van der Waals surface area contributed by atoms with Crippen molar-refractivity contribution in [3.05, 3.63) is 83.4 Å². The summed E-state index contributed by atoms with van der Waals surface area (Å²) < 4.78 is 0. The highest BCUT2D eigenvalue weighted by Gasteiger charge is 2.52. The van der Waals surface area contributed by atoms with Crippen molar-refractivity contribution >= 4 is 0 Å². The zero-order valence-corrected chi connectivity index (χ0v) is 26.3. The normalized spacial score (nSPS) is 37.9. The molecule has 8 aliphatic rings. The Kier molecular flexibility index (Phi) is 5.65. The lowest BCUT2D eigenvalue weighted by Gasteiger charge is -2.57. The van der Waals surface area contributed by atoms with Crippen LogP contribution in [0.2, 0.25) is 0 Å². The molecular weight excluding hydrogens is 504 g/mol. The monoisotopic (exact) mass is 554 g/mol. The van der Waals surface area contributed by atoms with Crippen molar-refractivity contribution in [3.63, 3.8) is 0 Å². The Labute approximate surface area is 254 Å². The van der Waals surface area contributed by atoms with Crippen molar-refractivity contribution < 1.29 is 0 Å². The van der Waals surface area contributed by atoms with Gasteiger partial charge in [-0.25, -0.2) is 0 Å². The molecule has 0 aliphatic heterocycles. The lowest BCUT2D eigenvalue weighted by atomic mass is 9.48. The van der Waals surface area contributed by atoms with Crippen molar-refractivity contribution in [1.82, 2.24) is 0 Å². The molecule has 0 amide bonds. The summed E-state index contributed by atoms with van der Waals surface area (Å²) in [5.41, 5.74) is 11.4. The largest absolute Gasteiger partial charge is 0.0610 e. The van der Waals surface area contributed by atoms with Gasteiger partial charge in [-0.3, -0.25) is 0 Å². The summed E-state index contributed by atoms with van der Waals surface area (Å²) in [5.74, 6) is 5.97. The van der Waals surface area contributed by atoms with Crippen molar-refractivity contribution in [2.75, 3.05) is 0 Å². The van der Waals surface area contributed by atoms with E-state index in [0.717, 1.165) is 35.5 Å². The topological polar surface area (TPSA) is 0 Å². The predicted octanol–water partition coefficient (Wildman–Crippen LogP) is 11.3. The summed E-state index contributed by atoms with van der Waals surface area (Å²) >= 11 is 0. The second kappa shape index (κ2) is 9.09. The molecule has 3 aromatic rings. The van der Waals surface area contributed by atoms with Gasteiger partial charge >= 0.3 is 0 Å². The summed E-state index contributed by atoms with van der Waals surface area (Å²) in [6, 6.07) is 27.1. The SMILES string of the molecule is CC(C)(C)c1c(-c2ccc(C34CC5CC(CC(C5)C3)C4)cc2)cccc1-c1ccc(C23CC4CC(CC(C4)C2)C3)cc1. The maximum Gasteiger partial charge on any atom is -0.00391 e. The Morgan fingerprint density at radius 1 is 0.452 bits per heavy atom. The van der Waals surface area contributed by atoms with Crippen LogP contribution in [0.1, 0.15) is 115 Å². The van der Waals surface area contributed by atoms with E-state index in [9.17, 15) is 0 Å². The second-order valence-electron chi connectivity index (χ2n) is 17.5. The molecule has 0 heteroatoms. The lowest BCUT2D eigenvalue weighted by molar-refractivity contribution is -0.00530. The van der Waals surface area contributed by atoms with E-state index >= 15 is 0 Å². The van der Waals surface area contributed by atoms with Gasteiger partial charge in [-0.05, 0) is 168 Å². The maximum absolute atomic E-state index is 2.53. The van der Waals surface area contributed by atoms with Crippen molar-refractivity contribution in [2.24, 2.45) is 35.5 Å². The van der Waals surface area contributed by atoms with Gasteiger partial charge < -0.3 is 0 Å². The smallest absolute Gasteiger partial charge is 0.00391 e. The first-order chi connectivity index (χ1) is 20.3. The van der Waals surface area contributed by atoms with E-state index in [2.05, 4.69) is 87.5 Å². The van der Waals surface area contributed by atoms with Crippen LogP contribution >= 0.6 is 0 Å². The van der Waals surface area contributed by atoms with Gasteiger partial charge in [0.25, 0.3) is 0 Å². The molecule has 8 saturated carbocycles. The summed E-state index contributed by atoms with van der Waals surface area (Å²) in [4.78, 5) is 0. The molecule has 0 saturated heterocycles. The van der Waals surface area contributed by atoms with E-state index in [1.54, 1.807) is 11.1 Å². The Balaban J connectivity index is 1.05. The van der Waals surface area contributed by atoms with Gasteiger partial charge in [0.2, 0.25) is 0 Å². The molecular formula is C42H50. The third-order valence-corrected chi connectivity index (χ3v) is 13.5. The number of rotatable bonds is 4. The first-order valence-corrected chi connectivity index (χ1v) is 17.6. The third kappa shape index (κ3) is 4.06. The van der Waals surface area contributed by atoms with Crippen LogP contribution in [0.25, 0.3) is 22.3 Å². The number of hydrogen-bond acceptors (Lipinski definition) is 0. The summed E-state index contributed by atoms with van der Waals surface area (Å²) in [6.07, 6.45) is 17.8. The Morgan fingerprint density at radius 3 is 1.05 bits per heavy atom. The fourth-order valence-corrected chi connectivity index (χ4v) is 12.8. The molecule has 0 unspecified atom stereocenters. The number of hydrogen-bond donors (Lipinski definition) is 0. The summed E-state index contributed by atoms with van der Waals surface area (Å²) in [6.45, 7) is 7.22. The molecule has 218 valence electrons. The molecule has 0 spiro atoms. The van der Waals surface area contributed by atoms with Gasteiger partial charge in [-0.1, -0.05) is 87.5 Å². The molecule has 0 N–H and O–H groups in total. The van der Waals surface area contributed by atoms with Gasteiger partial charge in [0, 0.05) is 0 Å². The molecule has 0 heterocycles. The van der Waals surface area contributed by atoms with E-state index in [4.69, 9.17) is 0 Å². The molecule has 42 heavy (non-hydrogen) atoms. The minimum atomic E-state index is 0.0587. The van der Waals surface area contributed by atoms with Crippen LogP contribution in [0.5, 0.6) is 0 Å². The van der Waals surface area contributed by atoms with Crippen LogP contribution in [0.15, 0.2) is 66.7 Å².